The van der Waals surface area contributed by atoms with Gasteiger partial charge in [0.1, 0.15) is 5.75 Å². The number of hydrogen-bond acceptors (Lipinski definition) is 3. The Morgan fingerprint density at radius 2 is 1.81 bits per heavy atom. The summed E-state index contributed by atoms with van der Waals surface area (Å²) in [6, 6.07) is 3.70. The van der Waals surface area contributed by atoms with Crippen LogP contribution in [-0.2, 0) is 5.41 Å². The predicted molar refractivity (Wildman–Crippen MR) is 69.9 cm³/mol. The summed E-state index contributed by atoms with van der Waals surface area (Å²) >= 11 is 6.77. The fourth-order valence-electron chi connectivity index (χ4n) is 1.44. The largest absolute Gasteiger partial charge is 0.495 e. The summed E-state index contributed by atoms with van der Waals surface area (Å²) in [5.74, 6) is 0.633. The Balaban J connectivity index is 3.41. The summed E-state index contributed by atoms with van der Waals surface area (Å²) < 4.78 is 6.94. The van der Waals surface area contributed by atoms with Crippen LogP contribution in [-0.4, -0.2) is 30.5 Å². The van der Waals surface area contributed by atoms with Crippen LogP contribution in [0.1, 0.15) is 12.5 Å². The lowest BCUT2D eigenvalue weighted by Gasteiger charge is -2.27. The Morgan fingerprint density at radius 3 is 2.25 bits per heavy atom. The van der Waals surface area contributed by atoms with Gasteiger partial charge in [-0.3, -0.25) is 0 Å². The third-order valence-electron chi connectivity index (χ3n) is 2.56. The SMILES string of the molecule is COc1c(Br)cc(Br)cc1C(C)(CO)CO. The first-order valence-corrected chi connectivity index (χ1v) is 6.32. The molecule has 0 aliphatic rings. The zero-order valence-corrected chi connectivity index (χ0v) is 12.3. The number of hydrogen-bond donors (Lipinski definition) is 2. The van der Waals surface area contributed by atoms with Crippen LogP contribution in [0, 0.1) is 0 Å². The van der Waals surface area contributed by atoms with Crippen LogP contribution in [0.4, 0.5) is 0 Å². The second-order valence-electron chi connectivity index (χ2n) is 3.85. The molecule has 0 unspecified atom stereocenters. The van der Waals surface area contributed by atoms with E-state index in [9.17, 15) is 10.2 Å². The van der Waals surface area contributed by atoms with Crippen LogP contribution in [0.5, 0.6) is 5.75 Å². The van der Waals surface area contributed by atoms with Gasteiger partial charge in [-0.15, -0.1) is 0 Å². The number of halogens is 2. The van der Waals surface area contributed by atoms with Gasteiger partial charge in [0.25, 0.3) is 0 Å². The van der Waals surface area contributed by atoms with Gasteiger partial charge in [-0.25, -0.2) is 0 Å². The highest BCUT2D eigenvalue weighted by Gasteiger charge is 2.29. The summed E-state index contributed by atoms with van der Waals surface area (Å²) in [7, 11) is 1.56. The molecule has 5 heteroatoms. The molecular formula is C11H14Br2O3. The molecule has 0 amide bonds. The van der Waals surface area contributed by atoms with E-state index in [1.165, 1.54) is 0 Å². The highest BCUT2D eigenvalue weighted by Crippen LogP contribution is 2.39. The maximum Gasteiger partial charge on any atom is 0.137 e. The Hall–Kier alpha value is -0.100. The Kier molecular flexibility index (Phi) is 4.79. The molecule has 0 heterocycles. The van der Waals surface area contributed by atoms with Crippen molar-refractivity contribution >= 4 is 31.9 Å². The topological polar surface area (TPSA) is 49.7 Å². The molecule has 3 nitrogen and oxygen atoms in total. The Bertz CT molecular complexity index is 376. The van der Waals surface area contributed by atoms with Crippen LogP contribution in [0.15, 0.2) is 21.1 Å². The molecule has 0 aliphatic heterocycles. The van der Waals surface area contributed by atoms with Gasteiger partial charge >= 0.3 is 0 Å². The molecular weight excluding hydrogens is 340 g/mol. The second-order valence-corrected chi connectivity index (χ2v) is 5.62. The van der Waals surface area contributed by atoms with Crippen molar-refractivity contribution in [2.45, 2.75) is 12.3 Å². The standard InChI is InChI=1S/C11H14Br2O3/c1-11(5-14,6-15)8-3-7(12)4-9(13)10(8)16-2/h3-4,14-15H,5-6H2,1-2H3. The average Bonchev–Trinajstić information content (AvgIpc) is 2.27. The third-order valence-corrected chi connectivity index (χ3v) is 3.61. The summed E-state index contributed by atoms with van der Waals surface area (Å²) in [4.78, 5) is 0. The van der Waals surface area contributed by atoms with Gasteiger partial charge in [-0.2, -0.15) is 0 Å². The van der Waals surface area contributed by atoms with Crippen LogP contribution < -0.4 is 4.74 Å². The molecule has 0 radical (unpaired) electrons. The van der Waals surface area contributed by atoms with E-state index < -0.39 is 5.41 Å². The molecule has 0 saturated carbocycles. The van der Waals surface area contributed by atoms with E-state index in [-0.39, 0.29) is 13.2 Å². The van der Waals surface area contributed by atoms with Crippen molar-refractivity contribution in [1.82, 2.24) is 0 Å². The summed E-state index contributed by atoms with van der Waals surface area (Å²) in [5.41, 5.74) is 0.0405. The molecule has 0 saturated heterocycles. The smallest absolute Gasteiger partial charge is 0.137 e. The van der Waals surface area contributed by atoms with Gasteiger partial charge in [0.05, 0.1) is 24.8 Å². The minimum absolute atomic E-state index is 0.150. The molecule has 1 rings (SSSR count). The molecule has 0 aromatic heterocycles. The highest BCUT2D eigenvalue weighted by atomic mass is 79.9. The van der Waals surface area contributed by atoms with Gasteiger partial charge in [0.2, 0.25) is 0 Å². The fraction of sp³-hybridized carbons (Fsp3) is 0.455. The van der Waals surface area contributed by atoms with Crippen molar-refractivity contribution in [2.75, 3.05) is 20.3 Å². The second kappa shape index (κ2) is 5.49. The lowest BCUT2D eigenvalue weighted by Crippen LogP contribution is -2.31. The molecule has 0 aliphatic carbocycles. The van der Waals surface area contributed by atoms with Crippen LogP contribution >= 0.6 is 31.9 Å². The van der Waals surface area contributed by atoms with E-state index in [2.05, 4.69) is 31.9 Å². The van der Waals surface area contributed by atoms with E-state index in [1.807, 2.05) is 12.1 Å². The third kappa shape index (κ3) is 2.59. The number of aliphatic hydroxyl groups is 2. The number of rotatable bonds is 4. The van der Waals surface area contributed by atoms with Crippen molar-refractivity contribution in [2.24, 2.45) is 0 Å². The summed E-state index contributed by atoms with van der Waals surface area (Å²) in [5, 5.41) is 18.8. The van der Waals surface area contributed by atoms with E-state index in [0.717, 1.165) is 14.5 Å². The van der Waals surface area contributed by atoms with Gasteiger partial charge in [0.15, 0.2) is 0 Å². The van der Waals surface area contributed by atoms with Crippen LogP contribution in [0.3, 0.4) is 0 Å². The quantitative estimate of drug-likeness (QED) is 0.874. The van der Waals surface area contributed by atoms with Gasteiger partial charge < -0.3 is 14.9 Å². The Morgan fingerprint density at radius 1 is 1.25 bits per heavy atom. The van der Waals surface area contributed by atoms with E-state index in [0.29, 0.717) is 5.75 Å². The van der Waals surface area contributed by atoms with Gasteiger partial charge in [-0.1, -0.05) is 22.9 Å². The fourth-order valence-corrected chi connectivity index (χ4v) is 2.82. The maximum atomic E-state index is 9.39. The Labute approximate surface area is 112 Å². The first-order valence-electron chi connectivity index (χ1n) is 4.73. The van der Waals surface area contributed by atoms with Gasteiger partial charge in [-0.05, 0) is 28.1 Å². The van der Waals surface area contributed by atoms with Crippen molar-refractivity contribution in [3.8, 4) is 5.75 Å². The number of ether oxygens (including phenoxy) is 1. The molecule has 0 bridgehead atoms. The summed E-state index contributed by atoms with van der Waals surface area (Å²) in [6.45, 7) is 1.48. The van der Waals surface area contributed by atoms with Crippen LogP contribution in [0.2, 0.25) is 0 Å². The zero-order valence-electron chi connectivity index (χ0n) is 9.13. The van der Waals surface area contributed by atoms with Crippen molar-refractivity contribution in [3.63, 3.8) is 0 Å². The molecule has 0 fully saturated rings. The average molecular weight is 354 g/mol. The molecule has 0 spiro atoms. The van der Waals surface area contributed by atoms with Gasteiger partial charge in [0, 0.05) is 15.5 Å². The lowest BCUT2D eigenvalue weighted by atomic mass is 9.83. The molecule has 0 atom stereocenters. The molecule has 16 heavy (non-hydrogen) atoms. The number of aliphatic hydroxyl groups excluding tert-OH is 2. The van der Waals surface area contributed by atoms with Crippen molar-refractivity contribution in [3.05, 3.63) is 26.6 Å². The lowest BCUT2D eigenvalue weighted by molar-refractivity contribution is 0.127. The van der Waals surface area contributed by atoms with Crippen molar-refractivity contribution in [1.29, 1.82) is 0 Å². The maximum absolute atomic E-state index is 9.39. The zero-order chi connectivity index (χ0) is 12.3. The number of methoxy groups -OCH3 is 1. The van der Waals surface area contributed by atoms with E-state index in [4.69, 9.17) is 4.74 Å². The minimum atomic E-state index is -0.725. The molecule has 1 aromatic carbocycles. The predicted octanol–water partition coefficient (Wildman–Crippen LogP) is 2.46. The summed E-state index contributed by atoms with van der Waals surface area (Å²) in [6.07, 6.45) is 0. The number of benzene rings is 1. The highest BCUT2D eigenvalue weighted by molar-refractivity contribution is 9.11. The van der Waals surface area contributed by atoms with E-state index >= 15 is 0 Å². The molecule has 1 aromatic rings. The van der Waals surface area contributed by atoms with E-state index in [1.54, 1.807) is 14.0 Å². The normalized spacial score (nSPS) is 11.6. The first-order chi connectivity index (χ1) is 7.48. The van der Waals surface area contributed by atoms with Crippen molar-refractivity contribution < 1.29 is 14.9 Å². The molecule has 90 valence electrons. The molecule has 2 N–H and O–H groups in total. The van der Waals surface area contributed by atoms with Crippen LogP contribution in [0.25, 0.3) is 0 Å². The first kappa shape index (κ1) is 14.0. The minimum Gasteiger partial charge on any atom is -0.495 e. The monoisotopic (exact) mass is 352 g/mol.